The fourth-order valence-electron chi connectivity index (χ4n) is 1.79. The zero-order chi connectivity index (χ0) is 12.3. The van der Waals surface area contributed by atoms with E-state index in [9.17, 15) is 0 Å². The number of rotatable bonds is 4. The summed E-state index contributed by atoms with van der Waals surface area (Å²) in [5.74, 6) is 1.18. The molecule has 17 heavy (non-hydrogen) atoms. The molecule has 5 nitrogen and oxygen atoms in total. The van der Waals surface area contributed by atoms with Crippen molar-refractivity contribution in [2.45, 2.75) is 33.2 Å². The summed E-state index contributed by atoms with van der Waals surface area (Å²) in [7, 11) is 0. The molecule has 0 fully saturated rings. The molecule has 2 heterocycles. The van der Waals surface area contributed by atoms with Crippen molar-refractivity contribution >= 4 is 5.82 Å². The Kier molecular flexibility index (Phi) is 3.37. The molecule has 0 radical (unpaired) electrons. The van der Waals surface area contributed by atoms with Crippen molar-refractivity contribution < 1.29 is 0 Å². The first-order valence-corrected chi connectivity index (χ1v) is 5.90. The zero-order valence-corrected chi connectivity index (χ0v) is 10.2. The summed E-state index contributed by atoms with van der Waals surface area (Å²) in [5, 5.41) is 4.21. The standard InChI is InChI=1S/C12H17N5/c1-3-5-9-8-11(13)16-12(15-9)10-6-7-14-17(10)4-2/h6-8H,3-5H2,1-2H3,(H2,13,15,16). The van der Waals surface area contributed by atoms with Gasteiger partial charge in [-0.2, -0.15) is 5.10 Å². The molecule has 5 heteroatoms. The highest BCUT2D eigenvalue weighted by molar-refractivity contribution is 5.52. The summed E-state index contributed by atoms with van der Waals surface area (Å²) in [4.78, 5) is 8.80. The SMILES string of the molecule is CCCc1cc(N)nc(-c2ccnn2CC)n1. The van der Waals surface area contributed by atoms with E-state index < -0.39 is 0 Å². The number of hydrogen-bond acceptors (Lipinski definition) is 4. The Morgan fingerprint density at radius 3 is 2.82 bits per heavy atom. The first-order chi connectivity index (χ1) is 8.24. The highest BCUT2D eigenvalue weighted by Crippen LogP contribution is 2.17. The summed E-state index contributed by atoms with van der Waals surface area (Å²) in [5.41, 5.74) is 7.71. The Labute approximate surface area is 101 Å². The van der Waals surface area contributed by atoms with Crippen molar-refractivity contribution in [3.63, 3.8) is 0 Å². The molecule has 2 rings (SSSR count). The minimum atomic E-state index is 0.516. The summed E-state index contributed by atoms with van der Waals surface area (Å²) < 4.78 is 1.87. The minimum Gasteiger partial charge on any atom is -0.384 e. The maximum atomic E-state index is 5.81. The smallest absolute Gasteiger partial charge is 0.180 e. The van der Waals surface area contributed by atoms with Crippen LogP contribution in [0.5, 0.6) is 0 Å². The Morgan fingerprint density at radius 1 is 1.29 bits per heavy atom. The van der Waals surface area contributed by atoms with Crippen LogP contribution < -0.4 is 5.73 Å². The predicted octanol–water partition coefficient (Wildman–Crippen LogP) is 1.89. The van der Waals surface area contributed by atoms with E-state index in [-0.39, 0.29) is 0 Å². The van der Waals surface area contributed by atoms with Crippen LogP contribution in [0.1, 0.15) is 26.0 Å². The number of nitrogens with two attached hydrogens (primary N) is 1. The Balaban J connectivity index is 2.44. The molecule has 0 saturated carbocycles. The summed E-state index contributed by atoms with van der Waals surface area (Å²) in [6.45, 7) is 4.95. The number of anilines is 1. The van der Waals surface area contributed by atoms with Gasteiger partial charge in [0, 0.05) is 24.5 Å². The van der Waals surface area contributed by atoms with Crippen LogP contribution in [0.3, 0.4) is 0 Å². The maximum Gasteiger partial charge on any atom is 0.180 e. The summed E-state index contributed by atoms with van der Waals surface area (Å²) in [6, 6.07) is 3.74. The van der Waals surface area contributed by atoms with Gasteiger partial charge in [-0.05, 0) is 19.4 Å². The van der Waals surface area contributed by atoms with E-state index in [1.807, 2.05) is 23.7 Å². The van der Waals surface area contributed by atoms with E-state index in [1.165, 1.54) is 0 Å². The second kappa shape index (κ2) is 4.95. The van der Waals surface area contributed by atoms with E-state index in [1.54, 1.807) is 6.20 Å². The second-order valence-corrected chi connectivity index (χ2v) is 3.89. The van der Waals surface area contributed by atoms with Crippen molar-refractivity contribution in [2.75, 3.05) is 5.73 Å². The van der Waals surface area contributed by atoms with Gasteiger partial charge in [-0.1, -0.05) is 13.3 Å². The first kappa shape index (κ1) is 11.6. The fourth-order valence-corrected chi connectivity index (χ4v) is 1.79. The lowest BCUT2D eigenvalue weighted by Crippen LogP contribution is -2.05. The molecule has 0 atom stereocenters. The average Bonchev–Trinajstić information content (AvgIpc) is 2.76. The molecule has 0 spiro atoms. The monoisotopic (exact) mass is 231 g/mol. The Bertz CT molecular complexity index is 503. The van der Waals surface area contributed by atoms with Crippen molar-refractivity contribution in [1.29, 1.82) is 0 Å². The van der Waals surface area contributed by atoms with Crippen LogP contribution in [-0.4, -0.2) is 19.7 Å². The van der Waals surface area contributed by atoms with Crippen molar-refractivity contribution in [2.24, 2.45) is 0 Å². The van der Waals surface area contributed by atoms with Crippen LogP contribution in [0, 0.1) is 0 Å². The van der Waals surface area contributed by atoms with E-state index >= 15 is 0 Å². The molecule has 0 bridgehead atoms. The normalized spacial score (nSPS) is 10.7. The number of aromatic nitrogens is 4. The molecule has 90 valence electrons. The van der Waals surface area contributed by atoms with Crippen LogP contribution in [0.15, 0.2) is 18.3 Å². The third-order valence-corrected chi connectivity index (χ3v) is 2.55. The summed E-state index contributed by atoms with van der Waals surface area (Å²) in [6.07, 6.45) is 3.72. The molecule has 2 N–H and O–H groups in total. The largest absolute Gasteiger partial charge is 0.384 e. The lowest BCUT2D eigenvalue weighted by atomic mass is 10.2. The fraction of sp³-hybridized carbons (Fsp3) is 0.417. The van der Waals surface area contributed by atoms with Gasteiger partial charge in [-0.25, -0.2) is 9.97 Å². The molecule has 0 amide bonds. The highest BCUT2D eigenvalue weighted by atomic mass is 15.3. The van der Waals surface area contributed by atoms with Crippen LogP contribution in [0.25, 0.3) is 11.5 Å². The topological polar surface area (TPSA) is 69.6 Å². The van der Waals surface area contributed by atoms with E-state index in [2.05, 4.69) is 22.0 Å². The van der Waals surface area contributed by atoms with Gasteiger partial charge in [0.1, 0.15) is 11.5 Å². The van der Waals surface area contributed by atoms with Gasteiger partial charge >= 0.3 is 0 Å². The molecular weight excluding hydrogens is 214 g/mol. The van der Waals surface area contributed by atoms with Crippen LogP contribution in [0.2, 0.25) is 0 Å². The van der Waals surface area contributed by atoms with Gasteiger partial charge in [0.15, 0.2) is 5.82 Å². The van der Waals surface area contributed by atoms with E-state index in [0.717, 1.165) is 30.8 Å². The first-order valence-electron chi connectivity index (χ1n) is 5.90. The quantitative estimate of drug-likeness (QED) is 0.872. The number of nitrogen functional groups attached to an aromatic ring is 1. The van der Waals surface area contributed by atoms with Crippen LogP contribution >= 0.6 is 0 Å². The van der Waals surface area contributed by atoms with Gasteiger partial charge < -0.3 is 5.73 Å². The molecule has 0 aliphatic carbocycles. The highest BCUT2D eigenvalue weighted by Gasteiger charge is 2.09. The third kappa shape index (κ3) is 2.43. The van der Waals surface area contributed by atoms with Crippen molar-refractivity contribution in [3.05, 3.63) is 24.0 Å². The lowest BCUT2D eigenvalue weighted by Gasteiger charge is -2.06. The zero-order valence-electron chi connectivity index (χ0n) is 10.2. The molecule has 2 aromatic rings. The molecule has 0 unspecified atom stereocenters. The molecular formula is C12H17N5. The predicted molar refractivity (Wildman–Crippen MR) is 67.3 cm³/mol. The van der Waals surface area contributed by atoms with Crippen LogP contribution in [-0.2, 0) is 13.0 Å². The number of hydrogen-bond donors (Lipinski definition) is 1. The van der Waals surface area contributed by atoms with Gasteiger partial charge in [0.2, 0.25) is 0 Å². The summed E-state index contributed by atoms with van der Waals surface area (Å²) >= 11 is 0. The van der Waals surface area contributed by atoms with Gasteiger partial charge in [-0.15, -0.1) is 0 Å². The van der Waals surface area contributed by atoms with Crippen LogP contribution in [0.4, 0.5) is 5.82 Å². The van der Waals surface area contributed by atoms with Gasteiger partial charge in [0.25, 0.3) is 0 Å². The molecule has 0 saturated heterocycles. The average molecular weight is 231 g/mol. The number of aryl methyl sites for hydroxylation is 2. The van der Waals surface area contributed by atoms with Gasteiger partial charge in [0.05, 0.1) is 0 Å². The second-order valence-electron chi connectivity index (χ2n) is 3.89. The van der Waals surface area contributed by atoms with E-state index in [4.69, 9.17) is 5.73 Å². The molecule has 2 aromatic heterocycles. The Hall–Kier alpha value is -1.91. The Morgan fingerprint density at radius 2 is 2.12 bits per heavy atom. The molecule has 0 aromatic carbocycles. The van der Waals surface area contributed by atoms with Crippen molar-refractivity contribution in [3.8, 4) is 11.5 Å². The molecule has 0 aliphatic heterocycles. The minimum absolute atomic E-state index is 0.516. The molecule has 0 aliphatic rings. The van der Waals surface area contributed by atoms with Crippen molar-refractivity contribution in [1.82, 2.24) is 19.7 Å². The lowest BCUT2D eigenvalue weighted by molar-refractivity contribution is 0.663. The maximum absolute atomic E-state index is 5.81. The van der Waals surface area contributed by atoms with E-state index in [0.29, 0.717) is 11.6 Å². The van der Waals surface area contributed by atoms with Gasteiger partial charge in [-0.3, -0.25) is 4.68 Å². The third-order valence-electron chi connectivity index (χ3n) is 2.55. The number of nitrogens with zero attached hydrogens (tertiary/aromatic N) is 4.